The van der Waals surface area contributed by atoms with Crippen molar-refractivity contribution in [3.05, 3.63) is 114 Å². The van der Waals surface area contributed by atoms with Crippen LogP contribution in [-0.4, -0.2) is 31.1 Å². The Kier molecular flexibility index (Phi) is 4.97. The fourth-order valence-electron chi connectivity index (χ4n) is 6.39. The molecule has 2 N–H and O–H groups in total. The molecule has 39 heavy (non-hydrogen) atoms. The summed E-state index contributed by atoms with van der Waals surface area (Å²) in [5.41, 5.74) is 4.50. The lowest BCUT2D eigenvalue weighted by atomic mass is 9.48. The maximum Gasteiger partial charge on any atom is 0.249 e. The summed E-state index contributed by atoms with van der Waals surface area (Å²) in [6, 6.07) is 26.1. The van der Waals surface area contributed by atoms with Crippen molar-refractivity contribution < 1.29 is 4.79 Å². The van der Waals surface area contributed by atoms with Gasteiger partial charge in [-0.05, 0) is 53.8 Å². The van der Waals surface area contributed by atoms with Crippen molar-refractivity contribution in [2.24, 2.45) is 5.41 Å². The molecule has 2 bridgehead atoms. The topological polar surface area (TPSA) is 120 Å². The lowest BCUT2D eigenvalue weighted by Gasteiger charge is -2.53. The number of nitrogens with zero attached hydrogens (tertiary/aromatic N) is 5. The van der Waals surface area contributed by atoms with E-state index in [2.05, 4.69) is 36.5 Å². The summed E-state index contributed by atoms with van der Waals surface area (Å²) in [6.07, 6.45) is 5.59. The Balaban J connectivity index is 1.23. The van der Waals surface area contributed by atoms with E-state index in [1.807, 2.05) is 85.9 Å². The maximum absolute atomic E-state index is 14.0. The second-order valence-corrected chi connectivity index (χ2v) is 10.4. The van der Waals surface area contributed by atoms with Gasteiger partial charge >= 0.3 is 0 Å². The molecule has 8 rings (SSSR count). The Hall–Kier alpha value is -5.16. The van der Waals surface area contributed by atoms with Gasteiger partial charge in [0.05, 0.1) is 17.2 Å². The largest absolute Gasteiger partial charge is 0.293 e. The molecule has 8 nitrogen and oxygen atoms in total. The van der Waals surface area contributed by atoms with Crippen LogP contribution in [0.3, 0.4) is 0 Å². The zero-order chi connectivity index (χ0) is 26.6. The molecule has 0 aliphatic heterocycles. The number of pyridine rings is 2. The number of aromatic amines is 1. The molecule has 3 heterocycles. The minimum atomic E-state index is -1.01. The van der Waals surface area contributed by atoms with Crippen LogP contribution in [0.1, 0.15) is 41.6 Å². The van der Waals surface area contributed by atoms with E-state index in [4.69, 9.17) is 0 Å². The van der Waals surface area contributed by atoms with Crippen LogP contribution in [-0.2, 0) is 10.2 Å². The van der Waals surface area contributed by atoms with Crippen LogP contribution < -0.4 is 5.32 Å². The second-order valence-electron chi connectivity index (χ2n) is 10.4. The van der Waals surface area contributed by atoms with Gasteiger partial charge in [0.2, 0.25) is 11.9 Å². The highest BCUT2D eigenvalue weighted by atomic mass is 16.2. The molecule has 0 spiro atoms. The molecule has 3 atom stereocenters. The van der Waals surface area contributed by atoms with Crippen molar-refractivity contribution in [2.45, 2.75) is 24.7 Å². The Morgan fingerprint density at radius 2 is 1.79 bits per heavy atom. The molecule has 3 aliphatic rings. The number of carbonyl (C=O) groups is 1. The lowest BCUT2D eigenvalue weighted by Crippen LogP contribution is -2.54. The van der Waals surface area contributed by atoms with E-state index in [-0.39, 0.29) is 17.8 Å². The number of hydrogen-bond donors (Lipinski definition) is 2. The highest BCUT2D eigenvalue weighted by Crippen LogP contribution is 2.63. The standard InChI is InChI=1S/C31H23N7O/c1-30(17-31(18-32)24-12-3-2-10-22(24)25(30)23-11-6-14-34-26(23)31)28(39)36-29-35-27(37-38-29)20-8-4-7-19(15-20)21-9-5-13-33-16-21/h2-16,25H,17H2,1H3,(H2,35,36,37,38,39)/t25-,30+,31+/m1/s1. The highest BCUT2D eigenvalue weighted by Gasteiger charge is 2.61. The first-order chi connectivity index (χ1) is 19.0. The minimum absolute atomic E-state index is 0.190. The zero-order valence-corrected chi connectivity index (χ0v) is 21.1. The third-order valence-corrected chi connectivity index (χ3v) is 8.11. The number of nitriles is 1. The van der Waals surface area contributed by atoms with Crippen molar-refractivity contribution in [3.63, 3.8) is 0 Å². The summed E-state index contributed by atoms with van der Waals surface area (Å²) in [5, 5.41) is 20.7. The Labute approximate surface area is 224 Å². The van der Waals surface area contributed by atoms with Crippen LogP contribution in [0.5, 0.6) is 0 Å². The molecule has 3 aliphatic carbocycles. The molecule has 2 aromatic carbocycles. The number of anilines is 1. The molecular weight excluding hydrogens is 486 g/mol. The Bertz CT molecular complexity index is 1740. The van der Waals surface area contributed by atoms with Crippen LogP contribution in [0.15, 0.2) is 91.4 Å². The van der Waals surface area contributed by atoms with Crippen molar-refractivity contribution in [3.8, 4) is 28.6 Å². The molecular formula is C31H23N7O. The number of carbonyl (C=O) groups excluding carboxylic acids is 1. The number of hydrogen-bond acceptors (Lipinski definition) is 6. The van der Waals surface area contributed by atoms with Crippen molar-refractivity contribution in [1.82, 2.24) is 25.1 Å². The summed E-state index contributed by atoms with van der Waals surface area (Å²) in [4.78, 5) is 27.4. The van der Waals surface area contributed by atoms with Crippen molar-refractivity contribution in [1.29, 1.82) is 5.26 Å². The number of rotatable bonds is 4. The fourth-order valence-corrected chi connectivity index (χ4v) is 6.39. The van der Waals surface area contributed by atoms with Crippen LogP contribution in [0.25, 0.3) is 22.5 Å². The van der Waals surface area contributed by atoms with E-state index in [0.717, 1.165) is 39.1 Å². The summed E-state index contributed by atoms with van der Waals surface area (Å²) in [7, 11) is 0. The minimum Gasteiger partial charge on any atom is -0.293 e. The second kappa shape index (κ2) is 8.43. The third-order valence-electron chi connectivity index (χ3n) is 8.11. The molecule has 0 saturated carbocycles. The summed E-state index contributed by atoms with van der Waals surface area (Å²) < 4.78 is 0. The summed E-state index contributed by atoms with van der Waals surface area (Å²) in [6.45, 7) is 1.93. The van der Waals surface area contributed by atoms with Crippen LogP contribution in [0.2, 0.25) is 0 Å². The predicted molar refractivity (Wildman–Crippen MR) is 145 cm³/mol. The first kappa shape index (κ1) is 23.0. The van der Waals surface area contributed by atoms with Gasteiger partial charge in [-0.3, -0.25) is 25.2 Å². The van der Waals surface area contributed by atoms with E-state index >= 15 is 0 Å². The van der Waals surface area contributed by atoms with Gasteiger partial charge in [-0.15, -0.1) is 5.10 Å². The van der Waals surface area contributed by atoms with Gasteiger partial charge in [-0.1, -0.05) is 54.6 Å². The number of fused-ring (bicyclic) bond motifs is 1. The Morgan fingerprint density at radius 1 is 1.00 bits per heavy atom. The van der Waals surface area contributed by atoms with E-state index < -0.39 is 10.8 Å². The quantitative estimate of drug-likeness (QED) is 0.342. The predicted octanol–water partition coefficient (Wildman–Crippen LogP) is 5.23. The number of amides is 1. The summed E-state index contributed by atoms with van der Waals surface area (Å²) in [5.74, 6) is 0.253. The van der Waals surface area contributed by atoms with E-state index in [0.29, 0.717) is 12.2 Å². The normalized spacial score (nSPS) is 22.4. The average Bonchev–Trinajstić information content (AvgIpc) is 3.46. The van der Waals surface area contributed by atoms with Gasteiger partial charge in [0.1, 0.15) is 5.41 Å². The molecule has 0 saturated heterocycles. The number of H-pyrrole nitrogens is 1. The molecule has 1 amide bonds. The summed E-state index contributed by atoms with van der Waals surface area (Å²) >= 11 is 0. The molecule has 0 unspecified atom stereocenters. The number of nitrogens with one attached hydrogen (secondary N) is 2. The molecule has 5 aromatic rings. The molecule has 188 valence electrons. The van der Waals surface area contributed by atoms with Gasteiger partial charge in [-0.2, -0.15) is 10.2 Å². The first-order valence-electron chi connectivity index (χ1n) is 12.7. The monoisotopic (exact) mass is 509 g/mol. The van der Waals surface area contributed by atoms with Gasteiger partial charge < -0.3 is 0 Å². The maximum atomic E-state index is 14.0. The van der Waals surface area contributed by atoms with E-state index in [9.17, 15) is 10.1 Å². The zero-order valence-electron chi connectivity index (χ0n) is 21.1. The first-order valence-corrected chi connectivity index (χ1v) is 12.7. The van der Waals surface area contributed by atoms with Crippen LogP contribution in [0.4, 0.5) is 5.95 Å². The van der Waals surface area contributed by atoms with Gasteiger partial charge in [0.25, 0.3) is 0 Å². The third kappa shape index (κ3) is 3.33. The molecule has 8 heteroatoms. The van der Waals surface area contributed by atoms with E-state index in [1.165, 1.54) is 0 Å². The smallest absolute Gasteiger partial charge is 0.249 e. The van der Waals surface area contributed by atoms with Crippen molar-refractivity contribution in [2.75, 3.05) is 5.32 Å². The number of benzene rings is 2. The average molecular weight is 510 g/mol. The highest BCUT2D eigenvalue weighted by molar-refractivity contribution is 5.96. The van der Waals surface area contributed by atoms with E-state index in [1.54, 1.807) is 12.4 Å². The van der Waals surface area contributed by atoms with Crippen LogP contribution in [0, 0.1) is 16.7 Å². The SMILES string of the molecule is C[C@]1(C(=O)Nc2n[nH]c(-c3cccc(-c4cccnc4)c3)n2)C[C@]2(C#N)c3ccccc3[C@@H]1c1cccnc12. The molecule has 0 fully saturated rings. The molecule has 3 aromatic heterocycles. The molecule has 0 radical (unpaired) electrons. The van der Waals surface area contributed by atoms with Crippen molar-refractivity contribution >= 4 is 11.9 Å². The number of aromatic nitrogens is 5. The van der Waals surface area contributed by atoms with Crippen LogP contribution >= 0.6 is 0 Å². The Morgan fingerprint density at radius 3 is 2.64 bits per heavy atom. The van der Waals surface area contributed by atoms with Gasteiger partial charge in [-0.25, -0.2) is 0 Å². The fraction of sp³-hybridized carbons (Fsp3) is 0.161. The lowest BCUT2D eigenvalue weighted by molar-refractivity contribution is -0.127. The van der Waals surface area contributed by atoms with Gasteiger partial charge in [0.15, 0.2) is 5.82 Å². The van der Waals surface area contributed by atoms with Gasteiger partial charge in [0, 0.05) is 35.6 Å².